The molecule has 0 aliphatic carbocycles. The van der Waals surface area contributed by atoms with E-state index in [-0.39, 0.29) is 18.9 Å². The van der Waals surface area contributed by atoms with Gasteiger partial charge in [-0.05, 0) is 51.4 Å². The van der Waals surface area contributed by atoms with Crippen LogP contribution in [0.25, 0.3) is 0 Å². The Morgan fingerprint density at radius 1 is 0.521 bits per heavy atom. The second-order valence-corrected chi connectivity index (χ2v) is 20.0. The van der Waals surface area contributed by atoms with Gasteiger partial charge >= 0.3 is 0 Å². The molecule has 414 valence electrons. The predicted molar refractivity (Wildman–Crippen MR) is 281 cm³/mol. The molecule has 0 saturated carbocycles. The maximum absolute atomic E-state index is 13.2. The number of allylic oxidation sites excluding steroid dienone is 8. The van der Waals surface area contributed by atoms with Gasteiger partial charge in [-0.25, -0.2) is 0 Å². The van der Waals surface area contributed by atoms with Crippen LogP contribution in [-0.2, 0) is 23.7 Å². The fourth-order valence-electron chi connectivity index (χ4n) is 9.23. The van der Waals surface area contributed by atoms with Crippen LogP contribution in [0.1, 0.15) is 213 Å². The number of carbonyl (C=O) groups is 1. The van der Waals surface area contributed by atoms with Crippen LogP contribution < -0.4 is 5.32 Å². The van der Waals surface area contributed by atoms with Gasteiger partial charge in [0, 0.05) is 6.42 Å². The van der Waals surface area contributed by atoms with Gasteiger partial charge < -0.3 is 65.1 Å². The number of ether oxygens (including phenoxy) is 4. The molecule has 9 N–H and O–H groups in total. The van der Waals surface area contributed by atoms with Gasteiger partial charge in [-0.3, -0.25) is 4.79 Å². The van der Waals surface area contributed by atoms with E-state index in [1.54, 1.807) is 0 Å². The second-order valence-electron chi connectivity index (χ2n) is 20.0. The second kappa shape index (κ2) is 43.2. The van der Waals surface area contributed by atoms with E-state index < -0.39 is 86.8 Å². The summed E-state index contributed by atoms with van der Waals surface area (Å²) in [5.74, 6) is -0.221. The predicted octanol–water partition coefficient (Wildman–Crippen LogP) is 8.83. The summed E-state index contributed by atoms with van der Waals surface area (Å²) in [5, 5.41) is 87.2. The zero-order valence-electron chi connectivity index (χ0n) is 44.2. The third kappa shape index (κ3) is 29.6. The number of hydrogen-bond donors (Lipinski definition) is 9. The number of unbranched alkanes of at least 4 members (excludes halogenated alkanes) is 23. The zero-order chi connectivity index (χ0) is 51.7. The molecule has 0 aromatic carbocycles. The molecule has 2 fully saturated rings. The third-order valence-electron chi connectivity index (χ3n) is 13.8. The van der Waals surface area contributed by atoms with Crippen LogP contribution in [0.3, 0.4) is 0 Å². The highest BCUT2D eigenvalue weighted by Gasteiger charge is 2.51. The Morgan fingerprint density at radius 3 is 1.49 bits per heavy atom. The highest BCUT2D eigenvalue weighted by molar-refractivity contribution is 5.76. The number of rotatable bonds is 44. The summed E-state index contributed by atoms with van der Waals surface area (Å²) in [5.41, 5.74) is 0. The van der Waals surface area contributed by atoms with Crippen molar-refractivity contribution in [1.29, 1.82) is 0 Å². The Balaban J connectivity index is 1.79. The summed E-state index contributed by atoms with van der Waals surface area (Å²) < 4.78 is 22.8. The monoisotopic (exact) mass is 1010 g/mol. The van der Waals surface area contributed by atoms with Gasteiger partial charge in [0.1, 0.15) is 48.8 Å². The largest absolute Gasteiger partial charge is 0.394 e. The van der Waals surface area contributed by atoms with Crippen LogP contribution in [0, 0.1) is 0 Å². The molecular weight excluding hydrogens is 907 g/mol. The molecular formula is C57H103NO13. The normalized spacial score (nSPS) is 26.1. The number of amides is 1. The lowest BCUT2D eigenvalue weighted by Crippen LogP contribution is -2.65. The molecule has 2 heterocycles. The molecule has 2 aliphatic rings. The molecule has 0 radical (unpaired) electrons. The Morgan fingerprint density at radius 2 is 0.972 bits per heavy atom. The number of nitrogens with one attached hydrogen (secondary N) is 1. The zero-order valence-corrected chi connectivity index (χ0v) is 44.2. The van der Waals surface area contributed by atoms with Crippen molar-refractivity contribution in [2.75, 3.05) is 19.8 Å². The molecule has 2 rings (SSSR count). The van der Waals surface area contributed by atoms with E-state index in [1.165, 1.54) is 89.9 Å². The summed E-state index contributed by atoms with van der Waals surface area (Å²) >= 11 is 0. The minimum Gasteiger partial charge on any atom is -0.394 e. The fraction of sp³-hybridized carbons (Fsp3) is 0.842. The molecule has 0 spiro atoms. The quantitative estimate of drug-likeness (QED) is 0.0206. The molecule has 1 amide bonds. The Labute approximate surface area is 429 Å². The number of carbonyl (C=O) groups excluding carboxylic acids is 1. The van der Waals surface area contributed by atoms with Gasteiger partial charge in [0.2, 0.25) is 5.91 Å². The fourth-order valence-corrected chi connectivity index (χ4v) is 9.23. The molecule has 14 heteroatoms. The van der Waals surface area contributed by atoms with Gasteiger partial charge in [-0.1, -0.05) is 204 Å². The maximum Gasteiger partial charge on any atom is 0.220 e. The first kappa shape index (κ1) is 65.1. The van der Waals surface area contributed by atoms with E-state index in [2.05, 4.69) is 67.8 Å². The van der Waals surface area contributed by atoms with Crippen molar-refractivity contribution in [1.82, 2.24) is 5.32 Å². The molecule has 14 nitrogen and oxygen atoms in total. The van der Waals surface area contributed by atoms with Crippen molar-refractivity contribution in [3.05, 3.63) is 48.6 Å². The van der Waals surface area contributed by atoms with Gasteiger partial charge in [0.15, 0.2) is 12.6 Å². The molecule has 0 aromatic heterocycles. The highest BCUT2D eigenvalue weighted by Crippen LogP contribution is 2.30. The minimum atomic E-state index is -1.78. The van der Waals surface area contributed by atoms with Crippen molar-refractivity contribution in [3.63, 3.8) is 0 Å². The first-order valence-corrected chi connectivity index (χ1v) is 28.4. The molecule has 0 bridgehead atoms. The summed E-state index contributed by atoms with van der Waals surface area (Å²) in [4.78, 5) is 13.2. The summed E-state index contributed by atoms with van der Waals surface area (Å²) in [6.07, 6.45) is 35.3. The molecule has 2 saturated heterocycles. The third-order valence-corrected chi connectivity index (χ3v) is 13.8. The summed E-state index contributed by atoms with van der Waals surface area (Å²) in [6, 6.07) is -0.838. The molecule has 0 aromatic rings. The average Bonchev–Trinajstić information content (AvgIpc) is 3.37. The van der Waals surface area contributed by atoms with E-state index >= 15 is 0 Å². The van der Waals surface area contributed by atoms with Gasteiger partial charge in [0.05, 0.1) is 32.0 Å². The van der Waals surface area contributed by atoms with Gasteiger partial charge in [-0.15, -0.1) is 0 Å². The Hall–Kier alpha value is -2.05. The van der Waals surface area contributed by atoms with Gasteiger partial charge in [0.25, 0.3) is 0 Å². The Bertz CT molecular complexity index is 1380. The van der Waals surface area contributed by atoms with E-state index in [0.29, 0.717) is 12.8 Å². The smallest absolute Gasteiger partial charge is 0.220 e. The van der Waals surface area contributed by atoms with Crippen molar-refractivity contribution in [2.24, 2.45) is 0 Å². The highest BCUT2D eigenvalue weighted by atomic mass is 16.7. The lowest BCUT2D eigenvalue weighted by Gasteiger charge is -2.46. The van der Waals surface area contributed by atoms with Gasteiger partial charge in [-0.2, -0.15) is 0 Å². The summed E-state index contributed by atoms with van der Waals surface area (Å²) in [6.45, 7) is 2.74. The van der Waals surface area contributed by atoms with Crippen LogP contribution in [-0.4, -0.2) is 140 Å². The SMILES string of the molecule is CC/C=C\C/C=C\C/C=C\C/C=C\CCCCCCCCC(=O)NC(COC1OC(CO)C(OC2OC(CO)C(O)C(O)C2O)C(O)C1O)C(O)CCCCCCCCCCCCCCCCCCCC. The number of hydrogen-bond acceptors (Lipinski definition) is 13. The molecule has 71 heavy (non-hydrogen) atoms. The minimum absolute atomic E-state index is 0.221. The Kier molecular flexibility index (Phi) is 39.6. The summed E-state index contributed by atoms with van der Waals surface area (Å²) in [7, 11) is 0. The van der Waals surface area contributed by atoms with E-state index in [4.69, 9.17) is 18.9 Å². The van der Waals surface area contributed by atoms with E-state index in [1.807, 2.05) is 0 Å². The van der Waals surface area contributed by atoms with E-state index in [9.17, 15) is 45.6 Å². The van der Waals surface area contributed by atoms with Crippen molar-refractivity contribution in [3.8, 4) is 0 Å². The van der Waals surface area contributed by atoms with Crippen LogP contribution in [0.2, 0.25) is 0 Å². The molecule has 2 aliphatic heterocycles. The standard InChI is InChI=1S/C57H103NO13/c1-3-5-7-9-11-13-15-17-19-21-23-25-27-29-31-33-35-37-39-41-49(62)58-45(46(61)40-38-36-34-32-30-28-26-24-22-20-18-16-14-12-10-8-6-4-2)44-68-56-54(67)52(65)55(48(43-60)70-56)71-57-53(66)51(64)50(63)47(42-59)69-57/h5,7,11,13,17,19,23,25,45-48,50-57,59-61,63-67H,3-4,6,8-10,12,14-16,18,20-22,24,26-44H2,1-2H3,(H,58,62)/b7-5-,13-11-,19-17-,25-23-. The van der Waals surface area contributed by atoms with Crippen LogP contribution in [0.4, 0.5) is 0 Å². The molecule has 12 atom stereocenters. The van der Waals surface area contributed by atoms with Crippen LogP contribution >= 0.6 is 0 Å². The lowest BCUT2D eigenvalue weighted by atomic mass is 9.97. The van der Waals surface area contributed by atoms with Crippen molar-refractivity contribution >= 4 is 5.91 Å². The average molecular weight is 1010 g/mol. The number of aliphatic hydroxyl groups is 8. The first-order chi connectivity index (χ1) is 34.6. The van der Waals surface area contributed by atoms with Crippen molar-refractivity contribution in [2.45, 2.75) is 286 Å². The van der Waals surface area contributed by atoms with Crippen LogP contribution in [0.5, 0.6) is 0 Å². The topological polar surface area (TPSA) is 228 Å². The first-order valence-electron chi connectivity index (χ1n) is 28.4. The number of aliphatic hydroxyl groups excluding tert-OH is 8. The maximum atomic E-state index is 13.2. The lowest BCUT2D eigenvalue weighted by molar-refractivity contribution is -0.359. The van der Waals surface area contributed by atoms with Crippen LogP contribution in [0.15, 0.2) is 48.6 Å². The molecule has 12 unspecified atom stereocenters. The van der Waals surface area contributed by atoms with Crippen molar-refractivity contribution < 1.29 is 64.6 Å². The van der Waals surface area contributed by atoms with E-state index in [0.717, 1.165) is 89.9 Å².